The third-order valence-electron chi connectivity index (χ3n) is 2.95. The van der Waals surface area contributed by atoms with Gasteiger partial charge in [-0.1, -0.05) is 30.7 Å². The van der Waals surface area contributed by atoms with Crippen LogP contribution in [0.25, 0.3) is 0 Å². The van der Waals surface area contributed by atoms with Gasteiger partial charge in [-0.25, -0.2) is 4.98 Å². The number of hydrogen-bond acceptors (Lipinski definition) is 3. The minimum atomic E-state index is 0.676. The Balaban J connectivity index is 2.22. The van der Waals surface area contributed by atoms with Gasteiger partial charge in [0.2, 0.25) is 5.88 Å². The van der Waals surface area contributed by atoms with Crippen molar-refractivity contribution in [3.63, 3.8) is 0 Å². The number of ether oxygens (including phenoxy) is 1. The van der Waals surface area contributed by atoms with E-state index in [1.807, 2.05) is 18.2 Å². The number of nitrogens with one attached hydrogen (secondary N) is 1. The molecule has 0 bridgehead atoms. The average molecular weight is 256 g/mol. The van der Waals surface area contributed by atoms with Crippen molar-refractivity contribution in [2.24, 2.45) is 0 Å². The van der Waals surface area contributed by atoms with E-state index in [0.29, 0.717) is 5.88 Å². The maximum absolute atomic E-state index is 5.94. The van der Waals surface area contributed by atoms with E-state index < -0.39 is 0 Å². The predicted molar refractivity (Wildman–Crippen MR) is 77.6 cm³/mol. The summed E-state index contributed by atoms with van der Waals surface area (Å²) in [5.74, 6) is 1.54. The number of rotatable bonds is 5. The molecule has 0 aliphatic carbocycles. The van der Waals surface area contributed by atoms with Crippen molar-refractivity contribution in [3.8, 4) is 11.6 Å². The number of pyridine rings is 1. The molecule has 0 saturated carbocycles. The van der Waals surface area contributed by atoms with Gasteiger partial charge in [0.05, 0.1) is 0 Å². The number of hydrogen-bond donors (Lipinski definition) is 1. The van der Waals surface area contributed by atoms with Gasteiger partial charge in [0.1, 0.15) is 5.75 Å². The van der Waals surface area contributed by atoms with Crippen molar-refractivity contribution in [2.75, 3.05) is 6.54 Å². The van der Waals surface area contributed by atoms with Gasteiger partial charge in [-0.3, -0.25) is 0 Å². The minimum Gasteiger partial charge on any atom is -0.438 e. The molecule has 0 fully saturated rings. The summed E-state index contributed by atoms with van der Waals surface area (Å²) in [7, 11) is 0. The van der Waals surface area contributed by atoms with Gasteiger partial charge >= 0.3 is 0 Å². The summed E-state index contributed by atoms with van der Waals surface area (Å²) in [5, 5.41) is 3.29. The standard InChI is InChI=1S/C16H20N2O/c1-4-17-11-14-6-5-9-18-16(14)19-15-8-7-12(2)10-13(15)3/h5-10,17H,4,11H2,1-3H3. The van der Waals surface area contributed by atoms with Gasteiger partial charge in [-0.15, -0.1) is 0 Å². The molecule has 3 nitrogen and oxygen atoms in total. The van der Waals surface area contributed by atoms with Gasteiger partial charge in [0.25, 0.3) is 0 Å². The molecular formula is C16H20N2O. The molecule has 1 N–H and O–H groups in total. The molecule has 1 aromatic heterocycles. The summed E-state index contributed by atoms with van der Waals surface area (Å²) < 4.78 is 5.94. The summed E-state index contributed by atoms with van der Waals surface area (Å²) in [6.45, 7) is 7.91. The largest absolute Gasteiger partial charge is 0.438 e. The van der Waals surface area contributed by atoms with Crippen LogP contribution < -0.4 is 10.1 Å². The van der Waals surface area contributed by atoms with Gasteiger partial charge in [0, 0.05) is 18.3 Å². The molecule has 19 heavy (non-hydrogen) atoms. The fraction of sp³-hybridized carbons (Fsp3) is 0.312. The Morgan fingerprint density at radius 1 is 1.21 bits per heavy atom. The van der Waals surface area contributed by atoms with Crippen LogP contribution in [0.3, 0.4) is 0 Å². The zero-order chi connectivity index (χ0) is 13.7. The van der Waals surface area contributed by atoms with E-state index in [4.69, 9.17) is 4.74 Å². The lowest BCUT2D eigenvalue weighted by atomic mass is 10.1. The van der Waals surface area contributed by atoms with Crippen LogP contribution >= 0.6 is 0 Å². The van der Waals surface area contributed by atoms with E-state index in [2.05, 4.69) is 43.2 Å². The normalized spacial score (nSPS) is 10.5. The molecule has 0 atom stereocenters. The number of benzene rings is 1. The number of nitrogens with zero attached hydrogens (tertiary/aromatic N) is 1. The van der Waals surface area contributed by atoms with Gasteiger partial charge < -0.3 is 10.1 Å². The maximum atomic E-state index is 5.94. The summed E-state index contributed by atoms with van der Waals surface area (Å²) in [5.41, 5.74) is 3.43. The Morgan fingerprint density at radius 3 is 2.79 bits per heavy atom. The van der Waals surface area contributed by atoms with Crippen LogP contribution in [0, 0.1) is 13.8 Å². The van der Waals surface area contributed by atoms with Crippen molar-refractivity contribution in [1.82, 2.24) is 10.3 Å². The number of aromatic nitrogens is 1. The topological polar surface area (TPSA) is 34.2 Å². The van der Waals surface area contributed by atoms with Crippen molar-refractivity contribution in [2.45, 2.75) is 27.3 Å². The van der Waals surface area contributed by atoms with E-state index >= 15 is 0 Å². The SMILES string of the molecule is CCNCc1cccnc1Oc1ccc(C)cc1C. The summed E-state index contributed by atoms with van der Waals surface area (Å²) in [6.07, 6.45) is 1.76. The summed E-state index contributed by atoms with van der Waals surface area (Å²) in [4.78, 5) is 4.33. The van der Waals surface area contributed by atoms with E-state index in [-0.39, 0.29) is 0 Å². The highest BCUT2D eigenvalue weighted by atomic mass is 16.5. The Morgan fingerprint density at radius 2 is 2.05 bits per heavy atom. The van der Waals surface area contributed by atoms with Crippen LogP contribution in [0.1, 0.15) is 23.6 Å². The highest BCUT2D eigenvalue weighted by Crippen LogP contribution is 2.26. The van der Waals surface area contributed by atoms with Gasteiger partial charge in [-0.05, 0) is 38.1 Å². The van der Waals surface area contributed by atoms with E-state index in [0.717, 1.165) is 30.0 Å². The fourth-order valence-corrected chi connectivity index (χ4v) is 1.93. The molecule has 100 valence electrons. The maximum Gasteiger partial charge on any atom is 0.223 e. The monoisotopic (exact) mass is 256 g/mol. The molecule has 0 radical (unpaired) electrons. The van der Waals surface area contributed by atoms with Gasteiger partial charge in [0.15, 0.2) is 0 Å². The zero-order valence-corrected chi connectivity index (χ0v) is 11.7. The Bertz CT molecular complexity index is 552. The highest BCUT2D eigenvalue weighted by molar-refractivity contribution is 5.39. The molecule has 1 aromatic carbocycles. The number of aryl methyl sites for hydroxylation is 2. The van der Waals surface area contributed by atoms with Crippen molar-refractivity contribution in [1.29, 1.82) is 0 Å². The predicted octanol–water partition coefficient (Wildman–Crippen LogP) is 3.60. The second-order valence-electron chi connectivity index (χ2n) is 4.62. The fourth-order valence-electron chi connectivity index (χ4n) is 1.93. The lowest BCUT2D eigenvalue weighted by molar-refractivity contribution is 0.450. The van der Waals surface area contributed by atoms with Crippen LogP contribution in [0.2, 0.25) is 0 Å². The summed E-state index contributed by atoms with van der Waals surface area (Å²) >= 11 is 0. The van der Waals surface area contributed by atoms with Crippen LogP contribution in [0.5, 0.6) is 11.6 Å². The molecule has 0 saturated heterocycles. The third-order valence-corrected chi connectivity index (χ3v) is 2.95. The Kier molecular flexibility index (Phi) is 4.53. The molecule has 2 rings (SSSR count). The summed E-state index contributed by atoms with van der Waals surface area (Å²) in [6, 6.07) is 10.1. The van der Waals surface area contributed by atoms with Crippen LogP contribution in [0.4, 0.5) is 0 Å². The van der Waals surface area contributed by atoms with Crippen LogP contribution in [0.15, 0.2) is 36.5 Å². The van der Waals surface area contributed by atoms with Crippen LogP contribution in [-0.4, -0.2) is 11.5 Å². The van der Waals surface area contributed by atoms with E-state index in [9.17, 15) is 0 Å². The molecule has 0 unspecified atom stereocenters. The second-order valence-corrected chi connectivity index (χ2v) is 4.62. The average Bonchev–Trinajstić information content (AvgIpc) is 2.41. The zero-order valence-electron chi connectivity index (χ0n) is 11.7. The van der Waals surface area contributed by atoms with Gasteiger partial charge in [-0.2, -0.15) is 0 Å². The molecular weight excluding hydrogens is 236 g/mol. The quantitative estimate of drug-likeness (QED) is 0.887. The lowest BCUT2D eigenvalue weighted by Gasteiger charge is -2.12. The lowest BCUT2D eigenvalue weighted by Crippen LogP contribution is -2.12. The first kappa shape index (κ1) is 13.6. The first-order valence-electron chi connectivity index (χ1n) is 6.60. The molecule has 2 aromatic rings. The van der Waals surface area contributed by atoms with Crippen molar-refractivity contribution < 1.29 is 4.74 Å². The molecule has 0 amide bonds. The van der Waals surface area contributed by atoms with E-state index in [1.54, 1.807) is 6.20 Å². The Labute approximate surface area is 114 Å². The van der Waals surface area contributed by atoms with E-state index in [1.165, 1.54) is 5.56 Å². The Hall–Kier alpha value is -1.87. The van der Waals surface area contributed by atoms with Crippen molar-refractivity contribution in [3.05, 3.63) is 53.2 Å². The molecule has 0 aliphatic rings. The molecule has 0 aliphatic heterocycles. The highest BCUT2D eigenvalue weighted by Gasteiger charge is 2.07. The molecule has 1 heterocycles. The van der Waals surface area contributed by atoms with Crippen LogP contribution in [-0.2, 0) is 6.54 Å². The first-order valence-corrected chi connectivity index (χ1v) is 6.60. The van der Waals surface area contributed by atoms with Crippen molar-refractivity contribution >= 4 is 0 Å². The first-order chi connectivity index (χ1) is 9.20. The molecule has 3 heteroatoms. The second kappa shape index (κ2) is 6.34. The molecule has 0 spiro atoms. The minimum absolute atomic E-state index is 0.676. The third kappa shape index (κ3) is 3.55. The smallest absolute Gasteiger partial charge is 0.223 e.